The fourth-order valence-corrected chi connectivity index (χ4v) is 4.62. The predicted octanol–water partition coefficient (Wildman–Crippen LogP) is 3.20. The number of hydrogen-bond acceptors (Lipinski definition) is 3. The number of nitrogens with zero attached hydrogens (tertiary/aromatic N) is 2. The Morgan fingerprint density at radius 1 is 1.15 bits per heavy atom. The van der Waals surface area contributed by atoms with Crippen molar-refractivity contribution in [2.75, 3.05) is 0 Å². The first-order valence-electron chi connectivity index (χ1n) is 6.32. The molecule has 0 fully saturated rings. The third-order valence-electron chi connectivity index (χ3n) is 3.23. The van der Waals surface area contributed by atoms with Crippen molar-refractivity contribution in [2.45, 2.75) is 30.6 Å². The van der Waals surface area contributed by atoms with Crippen LogP contribution in [0.4, 0.5) is 0 Å². The van der Waals surface area contributed by atoms with Crippen LogP contribution in [-0.2, 0) is 22.9 Å². The maximum absolute atomic E-state index is 12.2. The van der Waals surface area contributed by atoms with Gasteiger partial charge in [-0.15, -0.1) is 0 Å². The van der Waals surface area contributed by atoms with Crippen molar-refractivity contribution < 1.29 is 12.5 Å². The molecule has 0 aliphatic heterocycles. The zero-order chi connectivity index (χ0) is 14.2. The highest BCUT2D eigenvalue weighted by Gasteiger charge is 2.18. The molecule has 0 amide bonds. The summed E-state index contributed by atoms with van der Waals surface area (Å²) in [6.07, 6.45) is 6.24. The highest BCUT2D eigenvalue weighted by Crippen LogP contribution is 2.25. The number of halogens is 1. The Labute approximate surface area is 130 Å². The van der Waals surface area contributed by atoms with Crippen LogP contribution in [-0.4, -0.2) is 8.42 Å². The molecular weight excluding hydrogens is 360 g/mol. The number of aryl methyl sites for hydroxylation is 2. The molecule has 1 heterocycles. The minimum Gasteiger partial charge on any atom is -0.303 e. The molecule has 0 radical (unpaired) electrons. The Balaban J connectivity index is 1.86. The summed E-state index contributed by atoms with van der Waals surface area (Å²) in [6.45, 7) is 0. The van der Waals surface area contributed by atoms with Gasteiger partial charge in [0.2, 0.25) is 0 Å². The molecule has 0 atom stereocenters. The Morgan fingerprint density at radius 3 is 2.55 bits per heavy atom. The summed E-state index contributed by atoms with van der Waals surface area (Å²) < 4.78 is 26.8. The fraction of sp³-hybridized carbons (Fsp3) is 0.308. The first kappa shape index (κ1) is 14.0. The summed E-state index contributed by atoms with van der Waals surface area (Å²) in [7, 11) is -3.65. The van der Waals surface area contributed by atoms with Gasteiger partial charge in [-0.2, -0.15) is 4.07 Å². The second-order valence-electron chi connectivity index (χ2n) is 4.69. The monoisotopic (exact) mass is 372 g/mol. The second-order valence-corrected chi connectivity index (χ2v) is 8.24. The smallest absolute Gasteiger partial charge is 0.183 e. The van der Waals surface area contributed by atoms with Gasteiger partial charge >= 0.3 is 0 Å². The summed E-state index contributed by atoms with van der Waals surface area (Å²) in [5, 5.41) is 0. The molecule has 3 rings (SSSR count). The van der Waals surface area contributed by atoms with Crippen molar-refractivity contribution in [1.82, 2.24) is 0 Å². The maximum atomic E-state index is 12.2. The lowest BCUT2D eigenvalue weighted by Gasteiger charge is -2.11. The van der Waals surface area contributed by atoms with Gasteiger partial charge in [0.25, 0.3) is 0 Å². The normalized spacial score (nSPS) is 14.8. The molecule has 7 heteroatoms. The lowest BCUT2D eigenvalue weighted by atomic mass is 10.0. The van der Waals surface area contributed by atoms with E-state index in [0.29, 0.717) is 0 Å². The molecule has 0 spiro atoms. The number of sulfonamides is 1. The summed E-state index contributed by atoms with van der Waals surface area (Å²) in [6, 6.07) is 6.51. The van der Waals surface area contributed by atoms with Gasteiger partial charge in [-0.05, 0) is 49.9 Å². The highest BCUT2D eigenvalue weighted by molar-refractivity contribution is 9.10. The van der Waals surface area contributed by atoms with Crippen LogP contribution in [0, 0.1) is 0 Å². The molecule has 2 aromatic rings. The SMILES string of the molecule is O=S(=O)([N-][n+]1cc2c(s1)CCCC2)c1ccc(Br)cc1. The number of benzene rings is 1. The summed E-state index contributed by atoms with van der Waals surface area (Å²) >= 11 is 4.71. The van der Waals surface area contributed by atoms with E-state index < -0.39 is 10.0 Å². The molecule has 0 saturated heterocycles. The molecule has 0 unspecified atom stereocenters. The van der Waals surface area contributed by atoms with E-state index in [4.69, 9.17) is 0 Å². The van der Waals surface area contributed by atoms with E-state index in [1.807, 2.05) is 6.20 Å². The summed E-state index contributed by atoms with van der Waals surface area (Å²) in [5.74, 6) is 0. The minimum absolute atomic E-state index is 0.208. The molecular formula is C13H13BrN2O2S2. The highest BCUT2D eigenvalue weighted by atomic mass is 79.9. The standard InChI is InChI=1S/C13H13BrN2O2S2/c14-11-5-7-12(8-6-11)20(17,18)15-16-9-10-3-1-2-4-13(10)19-16/h5-9H,1-4H2. The van der Waals surface area contributed by atoms with Crippen LogP contribution in [0.15, 0.2) is 39.8 Å². The van der Waals surface area contributed by atoms with E-state index in [0.717, 1.165) is 17.3 Å². The van der Waals surface area contributed by atoms with Crippen LogP contribution < -0.4 is 4.07 Å². The van der Waals surface area contributed by atoms with Crippen molar-refractivity contribution in [2.24, 2.45) is 0 Å². The Kier molecular flexibility index (Phi) is 3.83. The van der Waals surface area contributed by atoms with Gasteiger partial charge in [0, 0.05) is 10.0 Å². The van der Waals surface area contributed by atoms with E-state index >= 15 is 0 Å². The fourth-order valence-electron chi connectivity index (χ4n) is 2.21. The van der Waals surface area contributed by atoms with Gasteiger partial charge in [-0.1, -0.05) is 15.9 Å². The number of aromatic nitrogens is 1. The lowest BCUT2D eigenvalue weighted by Crippen LogP contribution is -2.26. The number of fused-ring (bicyclic) bond motifs is 1. The maximum Gasteiger partial charge on any atom is 0.183 e. The summed E-state index contributed by atoms with van der Waals surface area (Å²) in [4.78, 5) is 5.35. The van der Waals surface area contributed by atoms with E-state index in [1.54, 1.807) is 24.3 Å². The van der Waals surface area contributed by atoms with Gasteiger partial charge in [-0.3, -0.25) is 0 Å². The molecule has 106 valence electrons. The van der Waals surface area contributed by atoms with Crippen LogP contribution in [0.25, 0.3) is 4.83 Å². The van der Waals surface area contributed by atoms with Gasteiger partial charge in [0.05, 0.1) is 9.77 Å². The van der Waals surface area contributed by atoms with E-state index in [9.17, 15) is 8.42 Å². The first-order chi connectivity index (χ1) is 9.54. The molecule has 1 aliphatic rings. The average molecular weight is 373 g/mol. The molecule has 20 heavy (non-hydrogen) atoms. The van der Waals surface area contributed by atoms with E-state index in [-0.39, 0.29) is 4.90 Å². The molecule has 1 aromatic heterocycles. The van der Waals surface area contributed by atoms with Crippen LogP contribution in [0.1, 0.15) is 23.3 Å². The van der Waals surface area contributed by atoms with Crippen LogP contribution in [0.2, 0.25) is 0 Å². The average Bonchev–Trinajstić information content (AvgIpc) is 2.80. The van der Waals surface area contributed by atoms with Crippen molar-refractivity contribution >= 4 is 37.5 Å². The van der Waals surface area contributed by atoms with Crippen LogP contribution in [0.5, 0.6) is 0 Å². The Morgan fingerprint density at radius 2 is 1.85 bits per heavy atom. The van der Waals surface area contributed by atoms with Crippen molar-refractivity contribution in [1.29, 1.82) is 0 Å². The van der Waals surface area contributed by atoms with Gasteiger partial charge < -0.3 is 4.83 Å². The predicted molar refractivity (Wildman–Crippen MR) is 81.2 cm³/mol. The molecule has 4 nitrogen and oxygen atoms in total. The van der Waals surface area contributed by atoms with Crippen molar-refractivity contribution in [3.63, 3.8) is 0 Å². The Bertz CT molecular complexity index is 700. The molecule has 0 bridgehead atoms. The largest absolute Gasteiger partial charge is 0.303 e. The Hall–Kier alpha value is -0.920. The van der Waals surface area contributed by atoms with Crippen LogP contribution >= 0.6 is 27.5 Å². The van der Waals surface area contributed by atoms with Gasteiger partial charge in [0.15, 0.2) is 16.2 Å². The molecule has 0 saturated carbocycles. The topological polar surface area (TPSA) is 52.1 Å². The second kappa shape index (κ2) is 5.46. The lowest BCUT2D eigenvalue weighted by molar-refractivity contribution is -0.539. The first-order valence-corrected chi connectivity index (χ1v) is 9.33. The van der Waals surface area contributed by atoms with Crippen molar-refractivity contribution in [3.05, 3.63) is 50.2 Å². The van der Waals surface area contributed by atoms with Gasteiger partial charge in [0.1, 0.15) is 11.5 Å². The number of hydrogen-bond donors (Lipinski definition) is 0. The quantitative estimate of drug-likeness (QED) is 0.776. The van der Waals surface area contributed by atoms with Gasteiger partial charge in [-0.25, -0.2) is 8.42 Å². The minimum atomic E-state index is -3.65. The number of rotatable bonds is 3. The third kappa shape index (κ3) is 2.89. The van der Waals surface area contributed by atoms with Crippen molar-refractivity contribution in [3.8, 4) is 0 Å². The third-order valence-corrected chi connectivity index (χ3v) is 6.18. The van der Waals surface area contributed by atoms with E-state index in [1.165, 1.54) is 38.9 Å². The zero-order valence-electron chi connectivity index (χ0n) is 10.6. The zero-order valence-corrected chi connectivity index (χ0v) is 13.8. The summed E-state index contributed by atoms with van der Waals surface area (Å²) in [5.41, 5.74) is 1.23. The molecule has 1 aromatic carbocycles. The van der Waals surface area contributed by atoms with E-state index in [2.05, 4.69) is 20.8 Å². The van der Waals surface area contributed by atoms with Crippen LogP contribution in [0.3, 0.4) is 0 Å². The molecule has 1 aliphatic carbocycles. The molecule has 0 N–H and O–H groups in total.